The van der Waals surface area contributed by atoms with Crippen LogP contribution < -0.4 is 10.6 Å². The first-order valence-electron chi connectivity index (χ1n) is 5.94. The van der Waals surface area contributed by atoms with E-state index in [-0.39, 0.29) is 0 Å². The van der Waals surface area contributed by atoms with Gasteiger partial charge in [0.2, 0.25) is 0 Å². The van der Waals surface area contributed by atoms with Crippen LogP contribution in [0.4, 0.5) is 5.69 Å². The molecule has 17 heavy (non-hydrogen) atoms. The highest BCUT2D eigenvalue weighted by Crippen LogP contribution is 2.24. The number of nitrogens with zero attached hydrogens (tertiary/aromatic N) is 1. The van der Waals surface area contributed by atoms with Crippen LogP contribution in [0.3, 0.4) is 0 Å². The molecule has 0 radical (unpaired) electrons. The molecule has 1 fully saturated rings. The Hall–Kier alpha value is -1.05. The Morgan fingerprint density at radius 3 is 2.88 bits per heavy atom. The van der Waals surface area contributed by atoms with Gasteiger partial charge in [0, 0.05) is 11.0 Å². The lowest BCUT2D eigenvalue weighted by Gasteiger charge is -2.23. The Morgan fingerprint density at radius 2 is 2.18 bits per heavy atom. The molecule has 0 saturated carbocycles. The van der Waals surface area contributed by atoms with E-state index in [4.69, 9.17) is 5.26 Å². The quantitative estimate of drug-likeness (QED) is 0.901. The van der Waals surface area contributed by atoms with Crippen LogP contribution in [0, 0.1) is 17.2 Å². The molecule has 0 bridgehead atoms. The minimum Gasteiger partial charge on any atom is -0.384 e. The number of anilines is 1. The van der Waals surface area contributed by atoms with Crippen LogP contribution in [0.15, 0.2) is 22.7 Å². The average molecular weight is 294 g/mol. The van der Waals surface area contributed by atoms with E-state index in [0.29, 0.717) is 11.5 Å². The van der Waals surface area contributed by atoms with Gasteiger partial charge in [-0.15, -0.1) is 0 Å². The summed E-state index contributed by atoms with van der Waals surface area (Å²) < 4.78 is 0.857. The van der Waals surface area contributed by atoms with E-state index < -0.39 is 0 Å². The Balaban J connectivity index is 1.99. The molecule has 90 valence electrons. The summed E-state index contributed by atoms with van der Waals surface area (Å²) in [7, 11) is 0. The first kappa shape index (κ1) is 12.4. The molecule has 4 heteroatoms. The summed E-state index contributed by atoms with van der Waals surface area (Å²) in [6, 6.07) is 8.04. The van der Waals surface area contributed by atoms with Crippen molar-refractivity contribution >= 4 is 21.6 Å². The van der Waals surface area contributed by atoms with E-state index in [9.17, 15) is 0 Å². The van der Waals surface area contributed by atoms with Crippen LogP contribution in [0.5, 0.6) is 0 Å². The van der Waals surface area contributed by atoms with Gasteiger partial charge in [0.05, 0.1) is 11.3 Å². The first-order valence-corrected chi connectivity index (χ1v) is 6.74. The van der Waals surface area contributed by atoms with E-state index in [1.54, 1.807) is 0 Å². The number of nitriles is 1. The molecule has 0 aromatic heterocycles. The average Bonchev–Trinajstić information content (AvgIpc) is 2.37. The minimum atomic E-state index is 0.696. The fourth-order valence-corrected chi connectivity index (χ4v) is 2.58. The lowest BCUT2D eigenvalue weighted by molar-refractivity contribution is 0.390. The molecule has 1 saturated heterocycles. The van der Waals surface area contributed by atoms with Gasteiger partial charge >= 0.3 is 0 Å². The van der Waals surface area contributed by atoms with Crippen molar-refractivity contribution in [2.45, 2.75) is 12.8 Å². The molecule has 2 N–H and O–H groups in total. The highest BCUT2D eigenvalue weighted by Gasteiger charge is 2.13. The molecule has 1 aromatic rings. The van der Waals surface area contributed by atoms with Crippen LogP contribution in [-0.4, -0.2) is 19.6 Å². The zero-order valence-corrected chi connectivity index (χ0v) is 11.3. The van der Waals surface area contributed by atoms with Crippen LogP contribution in [0.1, 0.15) is 18.4 Å². The SMILES string of the molecule is N#Cc1c(Br)cccc1NCC1CCNCC1. The summed E-state index contributed by atoms with van der Waals surface area (Å²) in [4.78, 5) is 0. The Labute approximate surface area is 110 Å². The van der Waals surface area contributed by atoms with Gasteiger partial charge in [-0.1, -0.05) is 6.07 Å². The van der Waals surface area contributed by atoms with Crippen molar-refractivity contribution in [2.75, 3.05) is 25.0 Å². The third kappa shape index (κ3) is 3.21. The van der Waals surface area contributed by atoms with E-state index in [2.05, 4.69) is 32.6 Å². The highest BCUT2D eigenvalue weighted by molar-refractivity contribution is 9.10. The largest absolute Gasteiger partial charge is 0.384 e. The van der Waals surface area contributed by atoms with Gasteiger partial charge in [-0.05, 0) is 59.9 Å². The van der Waals surface area contributed by atoms with E-state index in [0.717, 1.165) is 29.8 Å². The number of hydrogen-bond acceptors (Lipinski definition) is 3. The molecule has 2 rings (SSSR count). The van der Waals surface area contributed by atoms with Crippen molar-refractivity contribution in [1.29, 1.82) is 5.26 Å². The van der Waals surface area contributed by atoms with Crippen LogP contribution >= 0.6 is 15.9 Å². The molecule has 0 unspecified atom stereocenters. The normalized spacial score (nSPS) is 16.5. The number of piperidine rings is 1. The number of rotatable bonds is 3. The predicted molar refractivity (Wildman–Crippen MR) is 72.9 cm³/mol. The van der Waals surface area contributed by atoms with Crippen molar-refractivity contribution in [3.63, 3.8) is 0 Å². The third-order valence-corrected chi connectivity index (χ3v) is 3.83. The van der Waals surface area contributed by atoms with Gasteiger partial charge in [0.15, 0.2) is 0 Å². The van der Waals surface area contributed by atoms with Gasteiger partial charge in [0.1, 0.15) is 6.07 Å². The summed E-state index contributed by atoms with van der Waals surface area (Å²) in [6.45, 7) is 3.17. The summed E-state index contributed by atoms with van der Waals surface area (Å²) in [6.07, 6.45) is 2.42. The molecule has 1 heterocycles. The number of nitrogens with one attached hydrogen (secondary N) is 2. The highest BCUT2D eigenvalue weighted by atomic mass is 79.9. The van der Waals surface area contributed by atoms with E-state index >= 15 is 0 Å². The van der Waals surface area contributed by atoms with Crippen molar-refractivity contribution < 1.29 is 0 Å². The van der Waals surface area contributed by atoms with Crippen molar-refractivity contribution in [1.82, 2.24) is 5.32 Å². The molecule has 0 atom stereocenters. The summed E-state index contributed by atoms with van der Waals surface area (Å²) in [5, 5.41) is 15.9. The second-order valence-electron chi connectivity index (χ2n) is 4.35. The lowest BCUT2D eigenvalue weighted by Crippen LogP contribution is -2.31. The molecular formula is C13H16BrN3. The maximum absolute atomic E-state index is 9.11. The Morgan fingerprint density at radius 1 is 1.41 bits per heavy atom. The lowest BCUT2D eigenvalue weighted by atomic mass is 9.98. The zero-order chi connectivity index (χ0) is 12.1. The molecule has 1 aliphatic heterocycles. The minimum absolute atomic E-state index is 0.696. The van der Waals surface area contributed by atoms with Crippen molar-refractivity contribution in [2.24, 2.45) is 5.92 Å². The smallest absolute Gasteiger partial charge is 0.103 e. The number of benzene rings is 1. The second-order valence-corrected chi connectivity index (χ2v) is 5.20. The molecule has 0 spiro atoms. The fraction of sp³-hybridized carbons (Fsp3) is 0.462. The van der Waals surface area contributed by atoms with Gasteiger partial charge < -0.3 is 10.6 Å². The second kappa shape index (κ2) is 6.04. The van der Waals surface area contributed by atoms with Crippen LogP contribution in [0.25, 0.3) is 0 Å². The topological polar surface area (TPSA) is 47.9 Å². The van der Waals surface area contributed by atoms with Crippen molar-refractivity contribution in [3.8, 4) is 6.07 Å². The monoisotopic (exact) mass is 293 g/mol. The van der Waals surface area contributed by atoms with Gasteiger partial charge in [-0.3, -0.25) is 0 Å². The van der Waals surface area contributed by atoms with Crippen molar-refractivity contribution in [3.05, 3.63) is 28.2 Å². The maximum atomic E-state index is 9.11. The molecule has 1 aliphatic rings. The zero-order valence-electron chi connectivity index (χ0n) is 9.67. The van der Waals surface area contributed by atoms with Crippen LogP contribution in [-0.2, 0) is 0 Å². The van der Waals surface area contributed by atoms with E-state index in [1.165, 1.54) is 12.8 Å². The molecule has 0 aliphatic carbocycles. The standard InChI is InChI=1S/C13H16BrN3/c14-12-2-1-3-13(11(12)8-15)17-9-10-4-6-16-7-5-10/h1-3,10,16-17H,4-7,9H2. The summed E-state index contributed by atoms with van der Waals surface area (Å²) >= 11 is 3.40. The van der Waals surface area contributed by atoms with E-state index in [1.807, 2.05) is 18.2 Å². The summed E-state index contributed by atoms with van der Waals surface area (Å²) in [5.74, 6) is 0.710. The fourth-order valence-electron chi connectivity index (χ4n) is 2.13. The maximum Gasteiger partial charge on any atom is 0.103 e. The van der Waals surface area contributed by atoms with Crippen LogP contribution in [0.2, 0.25) is 0 Å². The molecule has 1 aromatic carbocycles. The third-order valence-electron chi connectivity index (χ3n) is 3.17. The first-order chi connectivity index (χ1) is 8.31. The molecule has 0 amide bonds. The van der Waals surface area contributed by atoms with Gasteiger partial charge in [-0.25, -0.2) is 0 Å². The number of halogens is 1. The van der Waals surface area contributed by atoms with Gasteiger partial charge in [0.25, 0.3) is 0 Å². The summed E-state index contributed by atoms with van der Waals surface area (Å²) in [5.41, 5.74) is 1.63. The van der Waals surface area contributed by atoms with Gasteiger partial charge in [-0.2, -0.15) is 5.26 Å². The molecule has 3 nitrogen and oxygen atoms in total. The molecular weight excluding hydrogens is 278 g/mol. The Bertz CT molecular complexity index is 419. The predicted octanol–water partition coefficient (Wildman–Crippen LogP) is 2.73. The Kier molecular flexibility index (Phi) is 4.41. The number of hydrogen-bond donors (Lipinski definition) is 2.